The molecule has 30 heavy (non-hydrogen) atoms. The second-order valence-electron chi connectivity index (χ2n) is 7.69. The highest BCUT2D eigenvalue weighted by atomic mass is 16.5. The van der Waals surface area contributed by atoms with E-state index in [2.05, 4.69) is 10.4 Å². The zero-order chi connectivity index (χ0) is 20.8. The van der Waals surface area contributed by atoms with Crippen LogP contribution in [0.2, 0.25) is 0 Å². The molecule has 156 valence electrons. The van der Waals surface area contributed by atoms with Crippen molar-refractivity contribution in [1.82, 2.24) is 15.1 Å². The fourth-order valence-electron chi connectivity index (χ4n) is 3.94. The maximum Gasteiger partial charge on any atom is 0.279 e. The highest BCUT2D eigenvalue weighted by molar-refractivity contribution is 6.04. The van der Waals surface area contributed by atoms with Gasteiger partial charge >= 0.3 is 0 Å². The van der Waals surface area contributed by atoms with Gasteiger partial charge in [-0.15, -0.1) is 0 Å². The van der Waals surface area contributed by atoms with Gasteiger partial charge in [0.2, 0.25) is 0 Å². The number of carbonyl (C=O) groups is 1. The van der Waals surface area contributed by atoms with Crippen LogP contribution in [0.1, 0.15) is 49.0 Å². The number of aromatic nitrogens is 2. The summed E-state index contributed by atoms with van der Waals surface area (Å²) in [6.45, 7) is 1.15. The first-order valence-electron chi connectivity index (χ1n) is 10.7. The predicted molar refractivity (Wildman–Crippen MR) is 117 cm³/mol. The number of nitrogens with one attached hydrogen (secondary N) is 1. The van der Waals surface area contributed by atoms with E-state index < -0.39 is 0 Å². The zero-order valence-corrected chi connectivity index (χ0v) is 17.0. The number of hydrogen-bond donors (Lipinski definition) is 1. The zero-order valence-electron chi connectivity index (χ0n) is 17.0. The largest absolute Gasteiger partial charge is 0.378 e. The van der Waals surface area contributed by atoms with Crippen LogP contribution in [0.5, 0.6) is 0 Å². The topological polar surface area (TPSA) is 73.2 Å². The summed E-state index contributed by atoms with van der Waals surface area (Å²) in [5.74, 6) is -0.284. The van der Waals surface area contributed by atoms with Crippen LogP contribution >= 0.6 is 0 Å². The number of rotatable bonds is 7. The van der Waals surface area contributed by atoms with Crippen molar-refractivity contribution < 1.29 is 9.53 Å². The standard InChI is InChI=1S/C24H27N3O3/c28-23(25-16-9-17-30-19-12-5-2-6-13-19)22-20-14-7-8-15-21(20)24(29)27(26-22)18-10-3-1-4-11-18/h1,3-4,7-8,10-11,14-15,19H,2,5-6,9,12-13,16-17H2,(H,25,28). The molecule has 1 N–H and O–H groups in total. The number of carbonyl (C=O) groups excluding carboxylic acids is 1. The number of hydrogen-bond acceptors (Lipinski definition) is 4. The van der Waals surface area contributed by atoms with Crippen molar-refractivity contribution in [3.05, 3.63) is 70.6 Å². The van der Waals surface area contributed by atoms with Crippen LogP contribution in [0, 0.1) is 0 Å². The molecule has 4 rings (SSSR count). The minimum atomic E-state index is -0.284. The van der Waals surface area contributed by atoms with Crippen molar-refractivity contribution in [2.24, 2.45) is 0 Å². The van der Waals surface area contributed by atoms with Gasteiger partial charge in [-0.3, -0.25) is 9.59 Å². The first-order valence-corrected chi connectivity index (χ1v) is 10.7. The average molecular weight is 405 g/mol. The fourth-order valence-corrected chi connectivity index (χ4v) is 3.94. The van der Waals surface area contributed by atoms with E-state index in [0.717, 1.165) is 19.3 Å². The SMILES string of the molecule is O=C(NCCCOC1CCCCC1)c1nn(-c2ccccc2)c(=O)c2ccccc12. The summed E-state index contributed by atoms with van der Waals surface area (Å²) in [6, 6.07) is 16.2. The molecule has 6 heteroatoms. The van der Waals surface area contributed by atoms with E-state index in [-0.39, 0.29) is 17.2 Å². The third-order valence-electron chi connectivity index (χ3n) is 5.53. The van der Waals surface area contributed by atoms with E-state index in [1.165, 1.54) is 23.9 Å². The summed E-state index contributed by atoms with van der Waals surface area (Å²) in [7, 11) is 0. The number of fused-ring (bicyclic) bond motifs is 1. The van der Waals surface area contributed by atoms with Crippen LogP contribution < -0.4 is 10.9 Å². The average Bonchev–Trinajstić information content (AvgIpc) is 2.80. The van der Waals surface area contributed by atoms with Gasteiger partial charge < -0.3 is 10.1 Å². The summed E-state index contributed by atoms with van der Waals surface area (Å²) in [5, 5.41) is 8.37. The Kier molecular flexibility index (Phi) is 6.54. The summed E-state index contributed by atoms with van der Waals surface area (Å²) >= 11 is 0. The van der Waals surface area contributed by atoms with Crippen LogP contribution in [0.15, 0.2) is 59.4 Å². The van der Waals surface area contributed by atoms with Gasteiger partial charge in [-0.1, -0.05) is 55.7 Å². The summed E-state index contributed by atoms with van der Waals surface area (Å²) in [5.41, 5.74) is 0.639. The van der Waals surface area contributed by atoms with Gasteiger partial charge in [-0.05, 0) is 37.5 Å². The van der Waals surface area contributed by atoms with E-state index in [9.17, 15) is 9.59 Å². The van der Waals surface area contributed by atoms with Gasteiger partial charge in [-0.25, -0.2) is 0 Å². The van der Waals surface area contributed by atoms with E-state index in [4.69, 9.17) is 4.74 Å². The number of benzene rings is 2. The van der Waals surface area contributed by atoms with Crippen LogP contribution in [-0.2, 0) is 4.74 Å². The van der Waals surface area contributed by atoms with Crippen molar-refractivity contribution in [2.75, 3.05) is 13.2 Å². The Morgan fingerprint density at radius 2 is 1.70 bits per heavy atom. The second kappa shape index (κ2) is 9.67. The normalized spacial score (nSPS) is 14.7. The highest BCUT2D eigenvalue weighted by Crippen LogP contribution is 2.20. The smallest absolute Gasteiger partial charge is 0.279 e. The van der Waals surface area contributed by atoms with E-state index in [1.807, 2.05) is 24.3 Å². The lowest BCUT2D eigenvalue weighted by Crippen LogP contribution is -2.31. The number of amides is 1. The van der Waals surface area contributed by atoms with Crippen molar-refractivity contribution in [3.8, 4) is 5.69 Å². The molecule has 3 aromatic rings. The molecule has 1 fully saturated rings. The van der Waals surface area contributed by atoms with Crippen LogP contribution in [0.4, 0.5) is 0 Å². The number of ether oxygens (including phenoxy) is 1. The van der Waals surface area contributed by atoms with E-state index in [0.29, 0.717) is 35.7 Å². The Morgan fingerprint density at radius 3 is 2.47 bits per heavy atom. The monoisotopic (exact) mass is 405 g/mol. The molecule has 1 aliphatic carbocycles. The second-order valence-corrected chi connectivity index (χ2v) is 7.69. The van der Waals surface area contributed by atoms with Crippen molar-refractivity contribution in [2.45, 2.75) is 44.6 Å². The maximum atomic E-state index is 12.9. The van der Waals surface area contributed by atoms with Crippen LogP contribution in [-0.4, -0.2) is 34.9 Å². The summed E-state index contributed by atoms with van der Waals surface area (Å²) in [6.07, 6.45) is 7.20. The van der Waals surface area contributed by atoms with Crippen LogP contribution in [0.25, 0.3) is 16.5 Å². The van der Waals surface area contributed by atoms with Gasteiger partial charge in [0.1, 0.15) is 0 Å². The Labute approximate surface area is 175 Å². The first-order chi connectivity index (χ1) is 14.7. The molecule has 0 unspecified atom stereocenters. The molecule has 0 radical (unpaired) electrons. The molecule has 1 heterocycles. The lowest BCUT2D eigenvalue weighted by Gasteiger charge is -2.21. The molecule has 2 aromatic carbocycles. The Morgan fingerprint density at radius 1 is 1.00 bits per heavy atom. The van der Waals surface area contributed by atoms with Crippen molar-refractivity contribution >= 4 is 16.7 Å². The number of nitrogens with zero attached hydrogens (tertiary/aromatic N) is 2. The van der Waals surface area contributed by atoms with Gasteiger partial charge in [0.25, 0.3) is 11.5 Å². The van der Waals surface area contributed by atoms with Gasteiger partial charge in [-0.2, -0.15) is 9.78 Å². The lowest BCUT2D eigenvalue weighted by molar-refractivity contribution is 0.0273. The lowest BCUT2D eigenvalue weighted by atomic mass is 9.98. The van der Waals surface area contributed by atoms with Crippen molar-refractivity contribution in [1.29, 1.82) is 0 Å². The van der Waals surface area contributed by atoms with E-state index >= 15 is 0 Å². The molecule has 1 saturated carbocycles. The van der Waals surface area contributed by atoms with Gasteiger partial charge in [0, 0.05) is 18.5 Å². The quantitative estimate of drug-likeness (QED) is 0.606. The number of para-hydroxylation sites is 1. The first kappa shape index (κ1) is 20.3. The molecule has 0 spiro atoms. The summed E-state index contributed by atoms with van der Waals surface area (Å²) in [4.78, 5) is 25.8. The minimum Gasteiger partial charge on any atom is -0.378 e. The molecule has 1 amide bonds. The maximum absolute atomic E-state index is 12.9. The molecule has 0 atom stereocenters. The van der Waals surface area contributed by atoms with Gasteiger partial charge in [0.15, 0.2) is 5.69 Å². The third kappa shape index (κ3) is 4.60. The Hall–Kier alpha value is -2.99. The molecular weight excluding hydrogens is 378 g/mol. The molecule has 0 bridgehead atoms. The van der Waals surface area contributed by atoms with E-state index in [1.54, 1.807) is 30.3 Å². The predicted octanol–water partition coefficient (Wildman–Crippen LogP) is 3.85. The molecule has 6 nitrogen and oxygen atoms in total. The van der Waals surface area contributed by atoms with Crippen molar-refractivity contribution in [3.63, 3.8) is 0 Å². The van der Waals surface area contributed by atoms with Gasteiger partial charge in [0.05, 0.1) is 17.2 Å². The Bertz CT molecular complexity index is 1060. The molecule has 1 aliphatic rings. The molecule has 1 aromatic heterocycles. The summed E-state index contributed by atoms with van der Waals surface area (Å²) < 4.78 is 7.22. The highest BCUT2D eigenvalue weighted by Gasteiger charge is 2.17. The molecule has 0 saturated heterocycles. The molecular formula is C24H27N3O3. The minimum absolute atomic E-state index is 0.241. The Balaban J connectivity index is 1.48. The third-order valence-corrected chi connectivity index (χ3v) is 5.53. The fraction of sp³-hybridized carbons (Fsp3) is 0.375. The molecule has 0 aliphatic heterocycles. The van der Waals surface area contributed by atoms with Crippen LogP contribution in [0.3, 0.4) is 0 Å².